The van der Waals surface area contributed by atoms with E-state index in [0.717, 1.165) is 65.1 Å². The van der Waals surface area contributed by atoms with Crippen LogP contribution in [0, 0.1) is 25.2 Å². The summed E-state index contributed by atoms with van der Waals surface area (Å²) < 4.78 is 37.8. The summed E-state index contributed by atoms with van der Waals surface area (Å²) in [5.41, 5.74) is 5.71. The number of nitrogens with zero attached hydrogens (tertiary/aromatic N) is 6. The Bertz CT molecular complexity index is 2250. The number of imidazole rings is 1. The first kappa shape index (κ1) is 33.2. The van der Waals surface area contributed by atoms with Crippen LogP contribution in [0.15, 0.2) is 59.6 Å². The average molecular weight is 709 g/mol. The van der Waals surface area contributed by atoms with Crippen LogP contribution in [-0.4, -0.2) is 61.6 Å². The number of hydrogen-bond donors (Lipinski definition) is 3. The van der Waals surface area contributed by atoms with E-state index in [9.17, 15) is 18.3 Å². The van der Waals surface area contributed by atoms with E-state index in [1.54, 1.807) is 12.3 Å². The Morgan fingerprint density at radius 3 is 2.47 bits per heavy atom. The van der Waals surface area contributed by atoms with Gasteiger partial charge in [-0.2, -0.15) is 4.98 Å². The molecule has 4 saturated carbocycles. The number of aryl methyl sites for hydroxylation is 3. The third-order valence-electron chi connectivity index (χ3n) is 10.5. The van der Waals surface area contributed by atoms with Crippen molar-refractivity contribution in [1.82, 2.24) is 34.8 Å². The highest BCUT2D eigenvalue weighted by atomic mass is 32.2. The number of carboxylic acid groups (broad SMARTS) is 1. The molecule has 0 amide bonds. The smallest absolute Gasteiger partial charge is 0.335 e. The molecule has 0 saturated heterocycles. The molecule has 14 heteroatoms. The minimum Gasteiger partial charge on any atom is -0.478 e. The van der Waals surface area contributed by atoms with Gasteiger partial charge in [-0.25, -0.2) is 37.9 Å². The van der Waals surface area contributed by atoms with Crippen molar-refractivity contribution < 1.29 is 23.1 Å². The second kappa shape index (κ2) is 12.7. The van der Waals surface area contributed by atoms with Crippen LogP contribution in [0.25, 0.3) is 22.6 Å². The Morgan fingerprint density at radius 1 is 1.04 bits per heavy atom. The van der Waals surface area contributed by atoms with Crippen LogP contribution >= 0.6 is 0 Å². The van der Waals surface area contributed by atoms with Crippen molar-refractivity contribution in [3.05, 3.63) is 82.9 Å². The number of ether oxygens (including phenoxy) is 1. The Kier molecular flexibility index (Phi) is 8.25. The lowest BCUT2D eigenvalue weighted by molar-refractivity contribution is -0.119. The summed E-state index contributed by atoms with van der Waals surface area (Å²) in [6.07, 6.45) is 8.72. The monoisotopic (exact) mass is 708 g/mol. The molecule has 264 valence electrons. The maximum absolute atomic E-state index is 13.4. The van der Waals surface area contributed by atoms with Crippen LogP contribution in [0.2, 0.25) is 0 Å². The standard InChI is InChI=1S/C37H40N8O5S/c1-21-6-4-7-22(2)31(21)29-13-30(42-36(41-29)44-51(48,49)28-9-5-8-25(12-28)35(46)47)50-20-26(17-37-14-23(15-37)16-37)38-18-27-19-39-32-34(40-27)45(3)33(43-32)24-10-11-24/h4-9,12-13,19,23-24,26,38H,10-11,14-18,20H2,1-3H3,(H,46,47)(H,41,42,44)/t23?,26-,37?/m1/s1. The minimum atomic E-state index is -4.23. The molecular formula is C37H40N8O5S. The summed E-state index contributed by atoms with van der Waals surface area (Å²) in [6.45, 7) is 4.72. The molecular weight excluding hydrogens is 669 g/mol. The minimum absolute atomic E-state index is 0.0326. The number of carbonyl (C=O) groups is 1. The first-order chi connectivity index (χ1) is 24.4. The third-order valence-corrected chi connectivity index (χ3v) is 11.8. The molecule has 51 heavy (non-hydrogen) atoms. The van der Waals surface area contributed by atoms with E-state index in [4.69, 9.17) is 14.7 Å². The topological polar surface area (TPSA) is 174 Å². The Balaban J connectivity index is 1.06. The summed E-state index contributed by atoms with van der Waals surface area (Å²) in [5, 5.41) is 13.1. The molecule has 3 N–H and O–H groups in total. The molecule has 3 heterocycles. The van der Waals surface area contributed by atoms with Gasteiger partial charge in [0.1, 0.15) is 12.4 Å². The molecule has 3 aromatic heterocycles. The largest absolute Gasteiger partial charge is 0.478 e. The molecule has 0 aliphatic heterocycles. The zero-order valence-corrected chi connectivity index (χ0v) is 29.6. The van der Waals surface area contributed by atoms with Crippen LogP contribution < -0.4 is 14.8 Å². The second-order valence-electron chi connectivity index (χ2n) is 14.5. The molecule has 2 bridgehead atoms. The number of sulfonamides is 1. The molecule has 5 aromatic rings. The van der Waals surface area contributed by atoms with Gasteiger partial charge in [-0.05, 0) is 93.0 Å². The van der Waals surface area contributed by atoms with Gasteiger partial charge in [-0.15, -0.1) is 0 Å². The van der Waals surface area contributed by atoms with Gasteiger partial charge in [0.2, 0.25) is 11.8 Å². The maximum atomic E-state index is 13.4. The van der Waals surface area contributed by atoms with E-state index < -0.39 is 16.0 Å². The van der Waals surface area contributed by atoms with E-state index >= 15 is 0 Å². The summed E-state index contributed by atoms with van der Waals surface area (Å²) in [4.78, 5) is 34.6. The number of nitrogens with one attached hydrogen (secondary N) is 2. The molecule has 2 aromatic carbocycles. The summed E-state index contributed by atoms with van der Waals surface area (Å²) in [7, 11) is -2.23. The quantitative estimate of drug-likeness (QED) is 0.132. The predicted molar refractivity (Wildman–Crippen MR) is 190 cm³/mol. The average Bonchev–Trinajstić information content (AvgIpc) is 3.85. The summed E-state index contributed by atoms with van der Waals surface area (Å²) in [5.74, 6) is 1.18. The number of aromatic carboxylic acids is 1. The molecule has 1 atom stereocenters. The zero-order chi connectivity index (χ0) is 35.5. The Labute approximate surface area is 296 Å². The number of aromatic nitrogens is 6. The fourth-order valence-electron chi connectivity index (χ4n) is 7.72. The molecule has 4 aliphatic carbocycles. The highest BCUT2D eigenvalue weighted by Crippen LogP contribution is 2.66. The van der Waals surface area contributed by atoms with Crippen molar-refractivity contribution in [2.45, 2.75) is 75.8 Å². The SMILES string of the molecule is Cc1cccc(C)c1-c1cc(OC[C@@H](CC23CC(C2)C3)NCc2cnc3nc(C4CC4)n(C)c3n2)nc(NS(=O)(=O)c2cccc(C(=O)O)c2)n1. The van der Waals surface area contributed by atoms with E-state index in [2.05, 4.69) is 29.6 Å². The van der Waals surface area contributed by atoms with Crippen LogP contribution in [0.5, 0.6) is 5.88 Å². The van der Waals surface area contributed by atoms with Gasteiger partial charge >= 0.3 is 5.97 Å². The van der Waals surface area contributed by atoms with Crippen molar-refractivity contribution >= 4 is 33.2 Å². The number of rotatable bonds is 14. The van der Waals surface area contributed by atoms with Gasteiger partial charge < -0.3 is 19.7 Å². The number of benzene rings is 2. The lowest BCUT2D eigenvalue weighted by Gasteiger charge is -2.63. The summed E-state index contributed by atoms with van der Waals surface area (Å²) >= 11 is 0. The van der Waals surface area contributed by atoms with Gasteiger partial charge in [-0.1, -0.05) is 24.3 Å². The highest BCUT2D eigenvalue weighted by Gasteiger charge is 2.56. The Hall–Kier alpha value is -4.95. The third kappa shape index (κ3) is 6.65. The van der Waals surface area contributed by atoms with E-state index in [0.29, 0.717) is 29.2 Å². The molecule has 13 nitrogen and oxygen atoms in total. The first-order valence-electron chi connectivity index (χ1n) is 17.3. The predicted octanol–water partition coefficient (Wildman–Crippen LogP) is 5.54. The van der Waals surface area contributed by atoms with Crippen LogP contribution in [0.1, 0.15) is 77.4 Å². The van der Waals surface area contributed by atoms with Gasteiger partial charge in [0.05, 0.1) is 28.0 Å². The molecule has 4 aliphatic rings. The lowest BCUT2D eigenvalue weighted by atomic mass is 9.43. The van der Waals surface area contributed by atoms with Crippen LogP contribution in [-0.2, 0) is 23.6 Å². The maximum Gasteiger partial charge on any atom is 0.335 e. The van der Waals surface area contributed by atoms with E-state index in [-0.39, 0.29) is 34.9 Å². The van der Waals surface area contributed by atoms with Crippen molar-refractivity contribution in [1.29, 1.82) is 0 Å². The van der Waals surface area contributed by atoms with Crippen molar-refractivity contribution in [3.63, 3.8) is 0 Å². The van der Waals surface area contributed by atoms with Gasteiger partial charge in [-0.3, -0.25) is 0 Å². The Morgan fingerprint density at radius 2 is 1.78 bits per heavy atom. The molecule has 4 fully saturated rings. The van der Waals surface area contributed by atoms with Gasteiger partial charge in [0.25, 0.3) is 10.0 Å². The normalized spacial score (nSPS) is 20.0. The zero-order valence-electron chi connectivity index (χ0n) is 28.8. The lowest BCUT2D eigenvalue weighted by Crippen LogP contribution is -2.55. The van der Waals surface area contributed by atoms with Crippen molar-refractivity contribution in [3.8, 4) is 17.1 Å². The fraction of sp³-hybridized carbons (Fsp3) is 0.405. The van der Waals surface area contributed by atoms with Gasteiger partial charge in [0, 0.05) is 37.2 Å². The molecule has 0 spiro atoms. The number of anilines is 1. The van der Waals surface area contributed by atoms with Crippen molar-refractivity contribution in [2.24, 2.45) is 18.4 Å². The molecule has 9 rings (SSSR count). The molecule has 0 unspecified atom stereocenters. The van der Waals surface area contributed by atoms with E-state index in [1.807, 2.05) is 39.1 Å². The van der Waals surface area contributed by atoms with Crippen molar-refractivity contribution in [2.75, 3.05) is 11.3 Å². The first-order valence-corrected chi connectivity index (χ1v) is 18.8. The van der Waals surface area contributed by atoms with Gasteiger partial charge in [0.15, 0.2) is 11.3 Å². The summed E-state index contributed by atoms with van der Waals surface area (Å²) in [6, 6.07) is 12.7. The highest BCUT2D eigenvalue weighted by molar-refractivity contribution is 7.92. The van der Waals surface area contributed by atoms with Crippen LogP contribution in [0.3, 0.4) is 0 Å². The number of fused-ring (bicyclic) bond motifs is 1. The number of hydrogen-bond acceptors (Lipinski definition) is 10. The fourth-order valence-corrected chi connectivity index (χ4v) is 8.71. The molecule has 0 radical (unpaired) electrons. The second-order valence-corrected chi connectivity index (χ2v) is 16.2. The number of carboxylic acids is 1. The van der Waals surface area contributed by atoms with Crippen LogP contribution in [0.4, 0.5) is 5.95 Å². The van der Waals surface area contributed by atoms with E-state index in [1.165, 1.54) is 37.5 Å².